The lowest BCUT2D eigenvalue weighted by Gasteiger charge is -2.44. The number of thioether (sulfide) groups is 1. The van der Waals surface area contributed by atoms with Gasteiger partial charge in [-0.2, -0.15) is 0 Å². The van der Waals surface area contributed by atoms with Crippen molar-refractivity contribution in [2.24, 2.45) is 0 Å². The molecule has 2 heterocycles. The summed E-state index contributed by atoms with van der Waals surface area (Å²) < 4.78 is 15.6. The zero-order valence-corrected chi connectivity index (χ0v) is 20.9. The second kappa shape index (κ2) is 10.2. The van der Waals surface area contributed by atoms with Crippen LogP contribution in [0.3, 0.4) is 0 Å². The largest absolute Gasteiger partial charge is 0.496 e. The van der Waals surface area contributed by atoms with Crippen LogP contribution in [-0.4, -0.2) is 90.2 Å². The molecule has 33 heavy (non-hydrogen) atoms. The Hall–Kier alpha value is -2.46. The molecule has 182 valence electrons. The minimum absolute atomic E-state index is 0.225. The Kier molecular flexibility index (Phi) is 7.79. The molecule has 1 N–H and O–H groups in total. The number of methoxy groups -OCH3 is 2. The summed E-state index contributed by atoms with van der Waals surface area (Å²) in [7, 11) is 2.93. The Morgan fingerprint density at radius 1 is 1.15 bits per heavy atom. The first-order valence-corrected chi connectivity index (χ1v) is 12.0. The molecule has 0 unspecified atom stereocenters. The van der Waals surface area contributed by atoms with Crippen LogP contribution in [-0.2, 0) is 14.3 Å². The molecule has 3 atom stereocenters. The standard InChI is InChI=1S/C23H33N3O6S/c1-7-25(8-2)12-13-32-22(29)18-23(3,4)33-21-17(20(28)26(18)21)24-19(27)16-14(30-5)10-9-11-15(16)31-6/h9-11,17-18,21H,7-8,12-13H2,1-6H3,(H,24,27)/t17-,18+,21-/m0/s1. The maximum Gasteiger partial charge on any atom is 0.330 e. The van der Waals surface area contributed by atoms with Gasteiger partial charge in [0.15, 0.2) is 0 Å². The molecule has 3 rings (SSSR count). The van der Waals surface area contributed by atoms with E-state index in [2.05, 4.69) is 24.1 Å². The van der Waals surface area contributed by atoms with Crippen molar-refractivity contribution in [3.63, 3.8) is 0 Å². The fraction of sp³-hybridized carbons (Fsp3) is 0.609. The molecule has 2 aliphatic rings. The van der Waals surface area contributed by atoms with Crippen molar-refractivity contribution >= 4 is 29.5 Å². The molecule has 2 aliphatic heterocycles. The van der Waals surface area contributed by atoms with Gasteiger partial charge in [-0.25, -0.2) is 4.79 Å². The highest BCUT2D eigenvalue weighted by Gasteiger charge is 2.64. The molecule has 0 radical (unpaired) electrons. The number of benzene rings is 1. The highest BCUT2D eigenvalue weighted by molar-refractivity contribution is 8.01. The number of hydrogen-bond donors (Lipinski definition) is 1. The van der Waals surface area contributed by atoms with E-state index in [1.54, 1.807) is 18.2 Å². The summed E-state index contributed by atoms with van der Waals surface area (Å²) in [5.74, 6) is -0.474. The van der Waals surface area contributed by atoms with E-state index >= 15 is 0 Å². The van der Waals surface area contributed by atoms with Crippen LogP contribution in [0.1, 0.15) is 38.1 Å². The molecule has 9 nitrogen and oxygen atoms in total. The number of fused-ring (bicyclic) bond motifs is 1. The second-order valence-electron chi connectivity index (χ2n) is 8.44. The average Bonchev–Trinajstić information content (AvgIpc) is 3.07. The normalized spacial score (nSPS) is 23.1. The number of amides is 2. The smallest absolute Gasteiger partial charge is 0.330 e. The van der Waals surface area contributed by atoms with Crippen LogP contribution in [0.15, 0.2) is 18.2 Å². The van der Waals surface area contributed by atoms with Crippen LogP contribution in [0, 0.1) is 0 Å². The summed E-state index contributed by atoms with van der Waals surface area (Å²) in [6.45, 7) is 10.6. The zero-order chi connectivity index (χ0) is 24.3. The van der Waals surface area contributed by atoms with Crippen LogP contribution in [0.5, 0.6) is 11.5 Å². The number of hydrogen-bond acceptors (Lipinski definition) is 8. The second-order valence-corrected chi connectivity index (χ2v) is 10.2. The van der Waals surface area contributed by atoms with Gasteiger partial charge in [0.25, 0.3) is 5.91 Å². The van der Waals surface area contributed by atoms with Crippen molar-refractivity contribution < 1.29 is 28.6 Å². The number of carbonyl (C=O) groups excluding carboxylic acids is 3. The Balaban J connectivity index is 1.69. The van der Waals surface area contributed by atoms with Gasteiger partial charge in [-0.3, -0.25) is 9.59 Å². The first-order chi connectivity index (χ1) is 15.7. The monoisotopic (exact) mass is 479 g/mol. The molecule has 2 amide bonds. The zero-order valence-electron chi connectivity index (χ0n) is 20.0. The van der Waals surface area contributed by atoms with Gasteiger partial charge in [0, 0.05) is 11.3 Å². The summed E-state index contributed by atoms with van der Waals surface area (Å²) in [6, 6.07) is 3.58. The van der Waals surface area contributed by atoms with E-state index in [-0.39, 0.29) is 23.5 Å². The predicted molar refractivity (Wildman–Crippen MR) is 126 cm³/mol. The molecule has 0 aliphatic carbocycles. The molecular formula is C23H33N3O6S. The van der Waals surface area contributed by atoms with Crippen LogP contribution < -0.4 is 14.8 Å². The average molecular weight is 480 g/mol. The van der Waals surface area contributed by atoms with Gasteiger partial charge in [-0.05, 0) is 39.1 Å². The Bertz CT molecular complexity index is 882. The van der Waals surface area contributed by atoms with E-state index in [1.807, 2.05) is 13.8 Å². The van der Waals surface area contributed by atoms with Gasteiger partial charge in [0.2, 0.25) is 5.91 Å². The summed E-state index contributed by atoms with van der Waals surface area (Å²) >= 11 is 1.49. The van der Waals surface area contributed by atoms with Crippen molar-refractivity contribution in [2.45, 2.75) is 49.9 Å². The van der Waals surface area contributed by atoms with Crippen molar-refractivity contribution in [1.29, 1.82) is 0 Å². The van der Waals surface area contributed by atoms with E-state index < -0.39 is 28.7 Å². The molecule has 1 aromatic carbocycles. The Labute approximate surface area is 199 Å². The molecular weight excluding hydrogens is 446 g/mol. The van der Waals surface area contributed by atoms with E-state index in [0.29, 0.717) is 18.0 Å². The summed E-state index contributed by atoms with van der Waals surface area (Å²) in [4.78, 5) is 42.7. The number of esters is 1. The highest BCUT2D eigenvalue weighted by Crippen LogP contribution is 2.51. The van der Waals surface area contributed by atoms with E-state index in [4.69, 9.17) is 14.2 Å². The Morgan fingerprint density at radius 2 is 1.76 bits per heavy atom. The highest BCUT2D eigenvalue weighted by atomic mass is 32.2. The fourth-order valence-corrected chi connectivity index (χ4v) is 5.93. The number of ether oxygens (including phenoxy) is 3. The van der Waals surface area contributed by atoms with Gasteiger partial charge in [-0.15, -0.1) is 11.8 Å². The third kappa shape index (κ3) is 4.77. The lowest BCUT2D eigenvalue weighted by molar-refractivity contribution is -0.163. The van der Waals surface area contributed by atoms with E-state index in [0.717, 1.165) is 13.1 Å². The molecule has 1 aromatic rings. The van der Waals surface area contributed by atoms with Crippen LogP contribution >= 0.6 is 11.8 Å². The van der Waals surface area contributed by atoms with Crippen LogP contribution in [0.4, 0.5) is 0 Å². The first-order valence-electron chi connectivity index (χ1n) is 11.1. The minimum atomic E-state index is -0.745. The van der Waals surface area contributed by atoms with Crippen molar-refractivity contribution in [2.75, 3.05) is 40.5 Å². The van der Waals surface area contributed by atoms with Crippen LogP contribution in [0.2, 0.25) is 0 Å². The van der Waals surface area contributed by atoms with Crippen molar-refractivity contribution in [3.8, 4) is 11.5 Å². The third-order valence-corrected chi connectivity index (χ3v) is 7.72. The fourth-order valence-electron chi connectivity index (χ4n) is 4.31. The van der Waals surface area contributed by atoms with Gasteiger partial charge >= 0.3 is 5.97 Å². The van der Waals surface area contributed by atoms with Gasteiger partial charge in [0.1, 0.15) is 41.1 Å². The maximum absolute atomic E-state index is 13.0. The minimum Gasteiger partial charge on any atom is -0.496 e. The molecule has 0 bridgehead atoms. The van der Waals surface area contributed by atoms with Gasteiger partial charge in [-0.1, -0.05) is 19.9 Å². The number of rotatable bonds is 10. The summed E-state index contributed by atoms with van der Waals surface area (Å²) in [5.41, 5.74) is 0.225. The quantitative estimate of drug-likeness (QED) is 0.401. The van der Waals surface area contributed by atoms with E-state index in [9.17, 15) is 14.4 Å². The molecule has 0 aromatic heterocycles. The number of carbonyl (C=O) groups is 3. The molecule has 10 heteroatoms. The number of β-lactam (4-membered cyclic amide) rings is 1. The van der Waals surface area contributed by atoms with E-state index in [1.165, 1.54) is 30.9 Å². The number of nitrogens with one attached hydrogen (secondary N) is 1. The summed E-state index contributed by atoms with van der Waals surface area (Å²) in [6.07, 6.45) is 0. The predicted octanol–water partition coefficient (Wildman–Crippen LogP) is 1.75. The summed E-state index contributed by atoms with van der Waals surface area (Å²) in [5, 5.41) is 2.45. The lowest BCUT2D eigenvalue weighted by atomic mass is 9.95. The van der Waals surface area contributed by atoms with Gasteiger partial charge < -0.3 is 29.3 Å². The van der Waals surface area contributed by atoms with Crippen LogP contribution in [0.25, 0.3) is 0 Å². The SMILES string of the molecule is CCN(CC)CCOC(=O)[C@H]1N2C(=O)[C@H](NC(=O)c3c(OC)cccc3OC)[C@@H]2SC1(C)C. The van der Waals surface area contributed by atoms with Gasteiger partial charge in [0.05, 0.1) is 14.2 Å². The molecule has 0 spiro atoms. The topological polar surface area (TPSA) is 97.4 Å². The molecule has 2 fully saturated rings. The first kappa shape index (κ1) is 25.2. The molecule has 0 saturated carbocycles. The molecule has 2 saturated heterocycles. The third-order valence-electron chi connectivity index (χ3n) is 6.15. The Morgan fingerprint density at radius 3 is 2.30 bits per heavy atom. The maximum atomic E-state index is 13.0. The van der Waals surface area contributed by atoms with Crippen molar-refractivity contribution in [1.82, 2.24) is 15.1 Å². The number of likely N-dealkylation sites (N-methyl/N-ethyl adjacent to an activating group) is 1. The lowest BCUT2D eigenvalue weighted by Crippen LogP contribution is -2.70. The van der Waals surface area contributed by atoms with Crippen molar-refractivity contribution in [3.05, 3.63) is 23.8 Å². The number of nitrogens with zero attached hydrogens (tertiary/aromatic N) is 2.